The highest BCUT2D eigenvalue weighted by Crippen LogP contribution is 2.28. The predicted octanol–water partition coefficient (Wildman–Crippen LogP) is 2.28. The van der Waals surface area contributed by atoms with Gasteiger partial charge in [-0.15, -0.1) is 21.5 Å². The van der Waals surface area contributed by atoms with Crippen LogP contribution in [-0.2, 0) is 18.3 Å². The number of carboxylic acid groups (broad SMARTS) is 1. The lowest BCUT2D eigenvalue weighted by molar-refractivity contribution is -0.133. The van der Waals surface area contributed by atoms with Crippen LogP contribution in [0.1, 0.15) is 11.8 Å². The Morgan fingerprint density at radius 1 is 1.50 bits per heavy atom. The average Bonchev–Trinajstić information content (AvgIpc) is 2.93. The fourth-order valence-corrected chi connectivity index (χ4v) is 3.07. The first-order chi connectivity index (χ1) is 8.61. The Balaban J connectivity index is 2.22. The number of hydrogen-bond donors (Lipinski definition) is 1. The van der Waals surface area contributed by atoms with E-state index in [9.17, 15) is 4.79 Å². The Morgan fingerprint density at radius 3 is 2.89 bits per heavy atom. The fourth-order valence-electron chi connectivity index (χ4n) is 1.47. The SMILES string of the molecule is CCc1ccc(-c2nnc(SCC(=O)O)n2C)s1. The van der Waals surface area contributed by atoms with E-state index in [2.05, 4.69) is 23.2 Å². The third-order valence-electron chi connectivity index (χ3n) is 2.39. The molecule has 18 heavy (non-hydrogen) atoms. The molecule has 0 fully saturated rings. The number of rotatable bonds is 5. The number of aromatic nitrogens is 3. The van der Waals surface area contributed by atoms with E-state index in [1.54, 1.807) is 11.3 Å². The summed E-state index contributed by atoms with van der Waals surface area (Å²) in [4.78, 5) is 12.9. The molecule has 1 N–H and O–H groups in total. The van der Waals surface area contributed by atoms with Gasteiger partial charge in [-0.05, 0) is 18.6 Å². The lowest BCUT2D eigenvalue weighted by Crippen LogP contribution is -2.00. The number of aliphatic carboxylic acids is 1. The van der Waals surface area contributed by atoms with E-state index in [0.29, 0.717) is 5.16 Å². The molecule has 5 nitrogen and oxygen atoms in total. The summed E-state index contributed by atoms with van der Waals surface area (Å²) in [5, 5.41) is 17.4. The molecule has 0 aliphatic heterocycles. The molecule has 0 atom stereocenters. The van der Waals surface area contributed by atoms with E-state index in [1.807, 2.05) is 17.7 Å². The molecule has 0 aliphatic carbocycles. The third-order valence-corrected chi connectivity index (χ3v) is 4.62. The van der Waals surface area contributed by atoms with Gasteiger partial charge in [-0.1, -0.05) is 18.7 Å². The molecule has 0 aromatic carbocycles. The highest BCUT2D eigenvalue weighted by atomic mass is 32.2. The Morgan fingerprint density at radius 2 is 2.28 bits per heavy atom. The lowest BCUT2D eigenvalue weighted by atomic mass is 10.3. The van der Waals surface area contributed by atoms with Gasteiger partial charge in [0.05, 0.1) is 10.6 Å². The molecule has 2 aromatic rings. The molecule has 0 spiro atoms. The zero-order chi connectivity index (χ0) is 13.1. The maximum absolute atomic E-state index is 10.5. The van der Waals surface area contributed by atoms with Gasteiger partial charge >= 0.3 is 5.97 Å². The maximum atomic E-state index is 10.5. The molecular weight excluding hydrogens is 270 g/mol. The quantitative estimate of drug-likeness (QED) is 0.853. The summed E-state index contributed by atoms with van der Waals surface area (Å²) in [6.07, 6.45) is 1.00. The van der Waals surface area contributed by atoms with E-state index < -0.39 is 5.97 Å². The average molecular weight is 283 g/mol. The first kappa shape index (κ1) is 13.1. The number of nitrogens with zero attached hydrogens (tertiary/aromatic N) is 3. The zero-order valence-electron chi connectivity index (χ0n) is 10.1. The largest absolute Gasteiger partial charge is 0.481 e. The Bertz CT molecular complexity index is 562. The van der Waals surface area contributed by atoms with Crippen molar-refractivity contribution in [3.05, 3.63) is 17.0 Å². The van der Waals surface area contributed by atoms with Crippen molar-refractivity contribution < 1.29 is 9.90 Å². The van der Waals surface area contributed by atoms with Crippen molar-refractivity contribution in [2.75, 3.05) is 5.75 Å². The van der Waals surface area contributed by atoms with Crippen LogP contribution in [0.4, 0.5) is 0 Å². The van der Waals surface area contributed by atoms with Crippen molar-refractivity contribution in [3.63, 3.8) is 0 Å². The van der Waals surface area contributed by atoms with Crippen LogP contribution in [0.2, 0.25) is 0 Å². The first-order valence-electron chi connectivity index (χ1n) is 5.45. The van der Waals surface area contributed by atoms with Crippen LogP contribution in [0.3, 0.4) is 0 Å². The number of thioether (sulfide) groups is 1. The van der Waals surface area contributed by atoms with Crippen molar-refractivity contribution in [1.82, 2.24) is 14.8 Å². The summed E-state index contributed by atoms with van der Waals surface area (Å²) < 4.78 is 1.83. The van der Waals surface area contributed by atoms with E-state index in [0.717, 1.165) is 17.1 Å². The summed E-state index contributed by atoms with van der Waals surface area (Å²) in [7, 11) is 1.85. The topological polar surface area (TPSA) is 68.0 Å². The van der Waals surface area contributed by atoms with Crippen LogP contribution in [0.5, 0.6) is 0 Å². The molecule has 0 radical (unpaired) electrons. The second-order valence-corrected chi connectivity index (χ2v) is 5.78. The van der Waals surface area contributed by atoms with Crippen molar-refractivity contribution in [2.45, 2.75) is 18.5 Å². The smallest absolute Gasteiger partial charge is 0.313 e. The van der Waals surface area contributed by atoms with E-state index in [-0.39, 0.29) is 5.75 Å². The number of carboxylic acids is 1. The fraction of sp³-hybridized carbons (Fsp3) is 0.364. The van der Waals surface area contributed by atoms with Gasteiger partial charge in [-0.2, -0.15) is 0 Å². The molecule has 0 saturated heterocycles. The van der Waals surface area contributed by atoms with Crippen LogP contribution < -0.4 is 0 Å². The van der Waals surface area contributed by atoms with Gasteiger partial charge in [0, 0.05) is 11.9 Å². The highest BCUT2D eigenvalue weighted by molar-refractivity contribution is 7.99. The normalized spacial score (nSPS) is 10.8. The zero-order valence-corrected chi connectivity index (χ0v) is 11.7. The predicted molar refractivity (Wildman–Crippen MR) is 72.1 cm³/mol. The summed E-state index contributed by atoms with van der Waals surface area (Å²) >= 11 is 2.87. The third kappa shape index (κ3) is 2.73. The second kappa shape index (κ2) is 5.53. The number of hydrogen-bond acceptors (Lipinski definition) is 5. The molecule has 2 rings (SSSR count). The second-order valence-electron chi connectivity index (χ2n) is 3.67. The molecule has 0 saturated carbocycles. The summed E-state index contributed by atoms with van der Waals surface area (Å²) in [6.45, 7) is 2.11. The minimum Gasteiger partial charge on any atom is -0.481 e. The molecule has 0 unspecified atom stereocenters. The molecule has 96 valence electrons. The van der Waals surface area contributed by atoms with Gasteiger partial charge in [0.2, 0.25) is 0 Å². The Labute approximate surface area is 113 Å². The van der Waals surface area contributed by atoms with Gasteiger partial charge in [0.1, 0.15) is 0 Å². The molecule has 0 aliphatic rings. The summed E-state index contributed by atoms with van der Waals surface area (Å²) in [5.74, 6) is -0.0714. The monoisotopic (exact) mass is 283 g/mol. The van der Waals surface area contributed by atoms with Crippen molar-refractivity contribution in [2.24, 2.45) is 7.05 Å². The van der Waals surface area contributed by atoms with Gasteiger partial charge in [-0.3, -0.25) is 4.79 Å². The van der Waals surface area contributed by atoms with E-state index in [4.69, 9.17) is 5.11 Å². The van der Waals surface area contributed by atoms with Gasteiger partial charge in [0.25, 0.3) is 0 Å². The molecule has 2 heterocycles. The van der Waals surface area contributed by atoms with Crippen molar-refractivity contribution in [1.29, 1.82) is 0 Å². The highest BCUT2D eigenvalue weighted by Gasteiger charge is 2.13. The van der Waals surface area contributed by atoms with Crippen molar-refractivity contribution >= 4 is 29.1 Å². The number of carbonyl (C=O) groups is 1. The van der Waals surface area contributed by atoms with Gasteiger partial charge < -0.3 is 9.67 Å². The molecular formula is C11H13N3O2S2. The summed E-state index contributed by atoms with van der Waals surface area (Å²) in [6, 6.07) is 4.11. The minimum absolute atomic E-state index is 0.00335. The van der Waals surface area contributed by atoms with Crippen molar-refractivity contribution in [3.8, 4) is 10.7 Å². The van der Waals surface area contributed by atoms with Gasteiger partial charge in [0.15, 0.2) is 11.0 Å². The van der Waals surface area contributed by atoms with Crippen LogP contribution in [0.15, 0.2) is 17.3 Å². The number of thiophene rings is 1. The first-order valence-corrected chi connectivity index (χ1v) is 7.25. The van der Waals surface area contributed by atoms with Crippen LogP contribution >= 0.6 is 23.1 Å². The van der Waals surface area contributed by atoms with Gasteiger partial charge in [-0.25, -0.2) is 0 Å². The Hall–Kier alpha value is -1.34. The molecule has 7 heteroatoms. The molecule has 0 bridgehead atoms. The van der Waals surface area contributed by atoms with Crippen LogP contribution in [0.25, 0.3) is 10.7 Å². The standard InChI is InChI=1S/C11H13N3O2S2/c1-3-7-4-5-8(18-7)10-12-13-11(14(10)2)17-6-9(15)16/h4-5H,3,6H2,1-2H3,(H,15,16). The summed E-state index contributed by atoms with van der Waals surface area (Å²) in [5.41, 5.74) is 0. The minimum atomic E-state index is -0.853. The Kier molecular flexibility index (Phi) is 4.03. The van der Waals surface area contributed by atoms with Crippen LogP contribution in [-0.4, -0.2) is 31.6 Å². The molecule has 0 amide bonds. The van der Waals surface area contributed by atoms with E-state index in [1.165, 1.54) is 16.6 Å². The maximum Gasteiger partial charge on any atom is 0.313 e. The lowest BCUT2D eigenvalue weighted by Gasteiger charge is -2.00. The van der Waals surface area contributed by atoms with E-state index >= 15 is 0 Å². The van der Waals surface area contributed by atoms with Crippen LogP contribution in [0, 0.1) is 0 Å². The number of aryl methyl sites for hydroxylation is 1. The molecule has 2 aromatic heterocycles.